The third-order valence-electron chi connectivity index (χ3n) is 3.53. The van der Waals surface area contributed by atoms with Crippen LogP contribution in [0.2, 0.25) is 0 Å². The average Bonchev–Trinajstić information content (AvgIpc) is 2.40. The van der Waals surface area contributed by atoms with Gasteiger partial charge in [-0.05, 0) is 18.9 Å². The van der Waals surface area contributed by atoms with Gasteiger partial charge in [0.1, 0.15) is 0 Å². The fourth-order valence-corrected chi connectivity index (χ4v) is 2.37. The normalized spacial score (nSPS) is 18.2. The van der Waals surface area contributed by atoms with Gasteiger partial charge in [-0.25, -0.2) is 0 Å². The third-order valence-corrected chi connectivity index (χ3v) is 3.53. The van der Waals surface area contributed by atoms with Crippen molar-refractivity contribution < 1.29 is 18.0 Å². The van der Waals surface area contributed by atoms with Crippen LogP contribution in [0.4, 0.5) is 13.2 Å². The molecule has 0 radical (unpaired) electrons. The van der Waals surface area contributed by atoms with Crippen molar-refractivity contribution in [2.24, 2.45) is 5.73 Å². The van der Waals surface area contributed by atoms with E-state index in [0.29, 0.717) is 13.1 Å². The van der Waals surface area contributed by atoms with Crippen molar-refractivity contribution in [2.45, 2.75) is 25.1 Å². The number of likely N-dealkylation sites (tertiary alicyclic amines) is 1. The van der Waals surface area contributed by atoms with Gasteiger partial charge in [0.25, 0.3) is 0 Å². The molecule has 0 atom stereocenters. The van der Waals surface area contributed by atoms with E-state index in [9.17, 15) is 18.0 Å². The molecule has 110 valence electrons. The first-order chi connectivity index (χ1) is 9.38. The number of carbonyl (C=O) groups is 1. The van der Waals surface area contributed by atoms with Crippen molar-refractivity contribution in [3.05, 3.63) is 35.4 Å². The molecule has 20 heavy (non-hydrogen) atoms. The minimum Gasteiger partial charge on any atom is -0.328 e. The molecule has 1 aromatic carbocycles. The highest BCUT2D eigenvalue weighted by Gasteiger charge is 2.35. The van der Waals surface area contributed by atoms with E-state index in [1.807, 2.05) is 4.90 Å². The van der Waals surface area contributed by atoms with Crippen LogP contribution in [0, 0.1) is 0 Å². The summed E-state index contributed by atoms with van der Waals surface area (Å²) in [6, 6.07) is 5.05. The molecule has 2 rings (SSSR count). The first-order valence-corrected chi connectivity index (χ1v) is 6.55. The molecule has 0 bridgehead atoms. The summed E-state index contributed by atoms with van der Waals surface area (Å²) in [4.78, 5) is 13.9. The van der Waals surface area contributed by atoms with E-state index in [-0.39, 0.29) is 18.2 Å². The molecule has 1 saturated heterocycles. The zero-order chi connectivity index (χ0) is 14.8. The topological polar surface area (TPSA) is 46.3 Å². The van der Waals surface area contributed by atoms with Crippen LogP contribution in [0.15, 0.2) is 24.3 Å². The summed E-state index contributed by atoms with van der Waals surface area (Å²) in [7, 11) is 0. The number of alkyl halides is 3. The second-order valence-electron chi connectivity index (χ2n) is 5.08. The number of hydrogen-bond donors (Lipinski definition) is 1. The molecular weight excluding hydrogens is 269 g/mol. The predicted molar refractivity (Wildman–Crippen MR) is 69.4 cm³/mol. The smallest absolute Gasteiger partial charge is 0.328 e. The van der Waals surface area contributed by atoms with Gasteiger partial charge in [-0.15, -0.1) is 0 Å². The summed E-state index contributed by atoms with van der Waals surface area (Å²) in [6.07, 6.45) is -2.96. The van der Waals surface area contributed by atoms with Gasteiger partial charge >= 0.3 is 6.18 Å². The molecule has 0 unspecified atom stereocenters. The molecule has 0 spiro atoms. The Morgan fingerprint density at radius 3 is 2.45 bits per heavy atom. The van der Waals surface area contributed by atoms with Gasteiger partial charge in [-0.2, -0.15) is 13.2 Å². The Balaban J connectivity index is 2.10. The van der Waals surface area contributed by atoms with Crippen LogP contribution in [0.3, 0.4) is 0 Å². The summed E-state index contributed by atoms with van der Waals surface area (Å²) < 4.78 is 38.6. The van der Waals surface area contributed by atoms with E-state index in [4.69, 9.17) is 5.73 Å². The van der Waals surface area contributed by atoms with Crippen LogP contribution in [-0.4, -0.2) is 36.4 Å². The van der Waals surface area contributed by atoms with Gasteiger partial charge in [0.15, 0.2) is 5.78 Å². The Morgan fingerprint density at radius 1 is 1.25 bits per heavy atom. The number of hydrogen-bond acceptors (Lipinski definition) is 3. The van der Waals surface area contributed by atoms with Crippen LogP contribution in [-0.2, 0) is 6.18 Å². The van der Waals surface area contributed by atoms with Crippen molar-refractivity contribution in [3.63, 3.8) is 0 Å². The minimum absolute atomic E-state index is 0.0137. The molecule has 0 saturated carbocycles. The number of halogens is 3. The number of Topliss-reactive ketones (excluding diaryl/α,β-unsaturated/α-hetero) is 1. The Labute approximate surface area is 115 Å². The van der Waals surface area contributed by atoms with Gasteiger partial charge in [0.2, 0.25) is 0 Å². The lowest BCUT2D eigenvalue weighted by molar-refractivity contribution is -0.137. The summed E-state index contributed by atoms with van der Waals surface area (Å²) in [6.45, 7) is 1.32. The van der Waals surface area contributed by atoms with E-state index in [1.165, 1.54) is 18.2 Å². The van der Waals surface area contributed by atoms with Crippen LogP contribution >= 0.6 is 0 Å². The van der Waals surface area contributed by atoms with Crippen LogP contribution in [0.5, 0.6) is 0 Å². The molecule has 1 aliphatic heterocycles. The zero-order valence-electron chi connectivity index (χ0n) is 11.0. The van der Waals surface area contributed by atoms with Gasteiger partial charge in [-0.1, -0.05) is 18.2 Å². The molecule has 0 amide bonds. The summed E-state index contributed by atoms with van der Waals surface area (Å²) in [5, 5.41) is 0. The number of benzene rings is 1. The largest absolute Gasteiger partial charge is 0.417 e. The minimum atomic E-state index is -4.50. The fourth-order valence-electron chi connectivity index (χ4n) is 2.37. The van der Waals surface area contributed by atoms with Crippen molar-refractivity contribution in [1.82, 2.24) is 4.90 Å². The highest BCUT2D eigenvalue weighted by atomic mass is 19.4. The van der Waals surface area contributed by atoms with Crippen LogP contribution < -0.4 is 5.73 Å². The van der Waals surface area contributed by atoms with Gasteiger partial charge in [0, 0.05) is 24.7 Å². The maximum absolute atomic E-state index is 12.9. The summed E-state index contributed by atoms with van der Waals surface area (Å²) in [5.74, 6) is -0.492. The Kier molecular flexibility index (Phi) is 4.45. The first kappa shape index (κ1) is 15.0. The first-order valence-electron chi connectivity index (χ1n) is 6.55. The maximum Gasteiger partial charge on any atom is 0.417 e. The second kappa shape index (κ2) is 5.93. The van der Waals surface area contributed by atoms with Crippen molar-refractivity contribution in [3.8, 4) is 0 Å². The molecule has 1 fully saturated rings. The molecule has 1 aliphatic rings. The second-order valence-corrected chi connectivity index (χ2v) is 5.08. The summed E-state index contributed by atoms with van der Waals surface area (Å²) >= 11 is 0. The fraction of sp³-hybridized carbons (Fsp3) is 0.500. The van der Waals surface area contributed by atoms with Gasteiger partial charge in [0.05, 0.1) is 12.1 Å². The monoisotopic (exact) mass is 286 g/mol. The lowest BCUT2D eigenvalue weighted by Crippen LogP contribution is -2.42. The molecule has 2 N–H and O–H groups in total. The van der Waals surface area contributed by atoms with Crippen molar-refractivity contribution in [1.29, 1.82) is 0 Å². The third kappa shape index (κ3) is 3.58. The number of carbonyl (C=O) groups excluding carboxylic acids is 1. The molecule has 6 heteroatoms. The van der Waals surface area contributed by atoms with Crippen LogP contribution in [0.25, 0.3) is 0 Å². The Hall–Kier alpha value is -1.40. The standard InChI is InChI=1S/C14H17F3N2O/c15-14(16,17)12-4-2-1-3-11(12)13(20)9-19-7-5-10(18)6-8-19/h1-4,10H,5-9,18H2. The number of ketones is 1. The molecular formula is C14H17F3N2O. The highest BCUT2D eigenvalue weighted by Crippen LogP contribution is 2.32. The van der Waals surface area contributed by atoms with Crippen molar-refractivity contribution in [2.75, 3.05) is 19.6 Å². The summed E-state index contributed by atoms with van der Waals surface area (Å²) in [5.41, 5.74) is 4.64. The molecule has 3 nitrogen and oxygen atoms in total. The number of nitrogens with zero attached hydrogens (tertiary/aromatic N) is 1. The van der Waals surface area contributed by atoms with Crippen LogP contribution in [0.1, 0.15) is 28.8 Å². The molecule has 1 heterocycles. The van der Waals surface area contributed by atoms with Gasteiger partial charge < -0.3 is 5.73 Å². The lowest BCUT2D eigenvalue weighted by atomic mass is 10.0. The molecule has 0 aliphatic carbocycles. The lowest BCUT2D eigenvalue weighted by Gasteiger charge is -2.29. The zero-order valence-corrected chi connectivity index (χ0v) is 11.0. The average molecular weight is 286 g/mol. The number of piperidine rings is 1. The quantitative estimate of drug-likeness (QED) is 0.867. The van der Waals surface area contributed by atoms with E-state index >= 15 is 0 Å². The maximum atomic E-state index is 12.9. The van der Waals surface area contributed by atoms with E-state index in [1.54, 1.807) is 0 Å². The predicted octanol–water partition coefficient (Wildman–Crippen LogP) is 2.31. The Morgan fingerprint density at radius 2 is 1.85 bits per heavy atom. The van der Waals surface area contributed by atoms with E-state index < -0.39 is 17.5 Å². The SMILES string of the molecule is NC1CCN(CC(=O)c2ccccc2C(F)(F)F)CC1. The molecule has 1 aromatic rings. The van der Waals surface area contributed by atoms with Gasteiger partial charge in [-0.3, -0.25) is 9.69 Å². The highest BCUT2D eigenvalue weighted by molar-refractivity contribution is 5.99. The molecule has 0 aromatic heterocycles. The number of nitrogens with two attached hydrogens (primary N) is 1. The number of rotatable bonds is 3. The van der Waals surface area contributed by atoms with E-state index in [2.05, 4.69) is 0 Å². The van der Waals surface area contributed by atoms with E-state index in [0.717, 1.165) is 18.9 Å². The Bertz CT molecular complexity index is 480. The van der Waals surface area contributed by atoms with Crippen molar-refractivity contribution >= 4 is 5.78 Å².